The standard InChI is InChI=1S/C17H17F2N5O/c1-2-12(10-5-3-4-6-13(10)25-17(18)19)23-15-11-7-8-14(20)24-16(11)22-9-21-15/h3-9,12,17H,2H2,1H3,(H3,20,21,22,23,24). The van der Waals surface area contributed by atoms with Crippen molar-refractivity contribution < 1.29 is 13.5 Å². The van der Waals surface area contributed by atoms with Crippen molar-refractivity contribution in [3.63, 3.8) is 0 Å². The van der Waals surface area contributed by atoms with E-state index in [-0.39, 0.29) is 11.8 Å². The number of ether oxygens (including phenoxy) is 1. The molecule has 1 atom stereocenters. The minimum atomic E-state index is -2.88. The minimum Gasteiger partial charge on any atom is -0.434 e. The predicted octanol–water partition coefficient (Wildman–Crippen LogP) is 3.77. The second kappa shape index (κ2) is 7.25. The van der Waals surface area contributed by atoms with Crippen LogP contribution in [0.15, 0.2) is 42.7 Å². The first-order valence-electron chi connectivity index (χ1n) is 7.76. The van der Waals surface area contributed by atoms with E-state index in [2.05, 4.69) is 25.0 Å². The molecular formula is C17H17F2N5O. The normalized spacial score (nSPS) is 12.3. The van der Waals surface area contributed by atoms with Crippen LogP contribution < -0.4 is 15.8 Å². The van der Waals surface area contributed by atoms with Crippen molar-refractivity contribution in [2.45, 2.75) is 26.0 Å². The van der Waals surface area contributed by atoms with E-state index in [1.807, 2.05) is 6.92 Å². The van der Waals surface area contributed by atoms with E-state index >= 15 is 0 Å². The largest absolute Gasteiger partial charge is 0.434 e. The first-order valence-corrected chi connectivity index (χ1v) is 7.76. The molecule has 25 heavy (non-hydrogen) atoms. The number of fused-ring (bicyclic) bond motifs is 1. The Morgan fingerprint density at radius 2 is 1.96 bits per heavy atom. The molecule has 0 aliphatic rings. The van der Waals surface area contributed by atoms with Crippen molar-refractivity contribution in [3.05, 3.63) is 48.3 Å². The number of alkyl halides is 2. The number of hydrogen-bond acceptors (Lipinski definition) is 6. The number of nitrogen functional groups attached to an aromatic ring is 1. The monoisotopic (exact) mass is 345 g/mol. The molecule has 6 nitrogen and oxygen atoms in total. The summed E-state index contributed by atoms with van der Waals surface area (Å²) < 4.78 is 29.9. The third-order valence-electron chi connectivity index (χ3n) is 3.75. The summed E-state index contributed by atoms with van der Waals surface area (Å²) in [6.07, 6.45) is 2.02. The highest BCUT2D eigenvalue weighted by atomic mass is 19.3. The van der Waals surface area contributed by atoms with Gasteiger partial charge in [-0.15, -0.1) is 0 Å². The number of nitrogens with one attached hydrogen (secondary N) is 1. The van der Waals surface area contributed by atoms with Crippen LogP contribution in [0, 0.1) is 0 Å². The van der Waals surface area contributed by atoms with Gasteiger partial charge in [0.25, 0.3) is 0 Å². The van der Waals surface area contributed by atoms with E-state index in [0.717, 1.165) is 0 Å². The highest BCUT2D eigenvalue weighted by Gasteiger charge is 2.18. The van der Waals surface area contributed by atoms with Gasteiger partial charge in [-0.3, -0.25) is 0 Å². The number of aromatic nitrogens is 3. The van der Waals surface area contributed by atoms with Gasteiger partial charge in [-0.1, -0.05) is 25.1 Å². The van der Waals surface area contributed by atoms with Gasteiger partial charge in [0.05, 0.1) is 11.4 Å². The first kappa shape index (κ1) is 16.8. The summed E-state index contributed by atoms with van der Waals surface area (Å²) in [7, 11) is 0. The van der Waals surface area contributed by atoms with Crippen LogP contribution in [0.25, 0.3) is 11.0 Å². The van der Waals surface area contributed by atoms with Crippen molar-refractivity contribution in [2.24, 2.45) is 0 Å². The Bertz CT molecular complexity index is 875. The van der Waals surface area contributed by atoms with Crippen LogP contribution >= 0.6 is 0 Å². The van der Waals surface area contributed by atoms with Crippen molar-refractivity contribution >= 4 is 22.7 Å². The quantitative estimate of drug-likeness (QED) is 0.707. The molecule has 2 aromatic heterocycles. The molecular weight excluding hydrogens is 328 g/mol. The van der Waals surface area contributed by atoms with Gasteiger partial charge in [-0.25, -0.2) is 15.0 Å². The second-order valence-corrected chi connectivity index (χ2v) is 5.35. The lowest BCUT2D eigenvalue weighted by molar-refractivity contribution is -0.0505. The fraction of sp³-hybridized carbons (Fsp3) is 0.235. The van der Waals surface area contributed by atoms with E-state index < -0.39 is 6.61 Å². The average Bonchev–Trinajstić information content (AvgIpc) is 2.59. The van der Waals surface area contributed by atoms with Crippen molar-refractivity contribution in [2.75, 3.05) is 11.1 Å². The molecule has 0 radical (unpaired) electrons. The lowest BCUT2D eigenvalue weighted by Gasteiger charge is -2.21. The van der Waals surface area contributed by atoms with E-state index in [9.17, 15) is 8.78 Å². The smallest absolute Gasteiger partial charge is 0.387 e. The molecule has 3 aromatic rings. The van der Waals surface area contributed by atoms with E-state index in [0.29, 0.717) is 34.7 Å². The van der Waals surface area contributed by atoms with E-state index in [4.69, 9.17) is 5.73 Å². The predicted molar refractivity (Wildman–Crippen MR) is 91.5 cm³/mol. The zero-order valence-electron chi connectivity index (χ0n) is 13.5. The maximum Gasteiger partial charge on any atom is 0.387 e. The zero-order valence-corrected chi connectivity index (χ0v) is 13.5. The summed E-state index contributed by atoms with van der Waals surface area (Å²) in [5.74, 6) is 1.05. The molecule has 1 aromatic carbocycles. The fourth-order valence-electron chi connectivity index (χ4n) is 2.61. The lowest BCUT2D eigenvalue weighted by atomic mass is 10.0. The van der Waals surface area contributed by atoms with E-state index in [1.54, 1.807) is 30.3 Å². The Morgan fingerprint density at radius 1 is 1.16 bits per heavy atom. The summed E-state index contributed by atoms with van der Waals surface area (Å²) in [5.41, 5.74) is 6.77. The molecule has 0 saturated heterocycles. The maximum absolute atomic E-state index is 12.7. The zero-order chi connectivity index (χ0) is 17.8. The Kier molecular flexibility index (Phi) is 4.87. The summed E-state index contributed by atoms with van der Waals surface area (Å²) in [4.78, 5) is 12.5. The van der Waals surface area contributed by atoms with Crippen LogP contribution in [0.4, 0.5) is 20.4 Å². The number of rotatable bonds is 6. The molecule has 0 aliphatic heterocycles. The number of nitrogens with two attached hydrogens (primary N) is 1. The molecule has 130 valence electrons. The first-order chi connectivity index (χ1) is 12.1. The van der Waals surface area contributed by atoms with Gasteiger partial charge in [-0.05, 0) is 24.6 Å². The average molecular weight is 345 g/mol. The highest BCUT2D eigenvalue weighted by Crippen LogP contribution is 2.32. The van der Waals surface area contributed by atoms with Gasteiger partial charge >= 0.3 is 6.61 Å². The highest BCUT2D eigenvalue weighted by molar-refractivity contribution is 5.87. The number of pyridine rings is 1. The van der Waals surface area contributed by atoms with Crippen molar-refractivity contribution in [1.29, 1.82) is 0 Å². The Morgan fingerprint density at radius 3 is 2.72 bits per heavy atom. The number of anilines is 2. The summed E-state index contributed by atoms with van der Waals surface area (Å²) in [6, 6.07) is 9.86. The SMILES string of the molecule is CCC(Nc1ncnc2nc(N)ccc12)c1ccccc1OC(F)F. The topological polar surface area (TPSA) is 86.0 Å². The number of para-hydroxylation sites is 1. The minimum absolute atomic E-state index is 0.137. The molecule has 0 amide bonds. The molecule has 0 bridgehead atoms. The second-order valence-electron chi connectivity index (χ2n) is 5.35. The van der Waals surface area contributed by atoms with Crippen LogP contribution in [0.5, 0.6) is 5.75 Å². The Hall–Kier alpha value is -3.03. The van der Waals surface area contributed by atoms with E-state index in [1.165, 1.54) is 12.4 Å². The number of benzene rings is 1. The van der Waals surface area contributed by atoms with Crippen LogP contribution in [0.3, 0.4) is 0 Å². The lowest BCUT2D eigenvalue weighted by Crippen LogP contribution is -2.14. The molecule has 0 saturated carbocycles. The van der Waals surface area contributed by atoms with Crippen molar-refractivity contribution in [3.8, 4) is 5.75 Å². The van der Waals surface area contributed by atoms with Gasteiger partial charge in [0.15, 0.2) is 5.65 Å². The summed E-state index contributed by atoms with van der Waals surface area (Å²) in [6.45, 7) is -0.943. The Labute approximate surface area is 143 Å². The summed E-state index contributed by atoms with van der Waals surface area (Å²) in [5, 5.41) is 3.96. The van der Waals surface area contributed by atoms with Crippen LogP contribution in [-0.4, -0.2) is 21.6 Å². The molecule has 0 spiro atoms. The third kappa shape index (κ3) is 3.73. The third-order valence-corrected chi connectivity index (χ3v) is 3.75. The molecule has 3 rings (SSSR count). The number of halogens is 2. The number of hydrogen-bond donors (Lipinski definition) is 2. The van der Waals surface area contributed by atoms with Gasteiger partial charge < -0.3 is 15.8 Å². The van der Waals surface area contributed by atoms with Gasteiger partial charge in [0, 0.05) is 5.56 Å². The molecule has 8 heteroatoms. The van der Waals surface area contributed by atoms with Gasteiger partial charge in [-0.2, -0.15) is 8.78 Å². The van der Waals surface area contributed by atoms with Crippen LogP contribution in [0.2, 0.25) is 0 Å². The maximum atomic E-state index is 12.7. The molecule has 0 aliphatic carbocycles. The molecule has 2 heterocycles. The van der Waals surface area contributed by atoms with Crippen LogP contribution in [-0.2, 0) is 0 Å². The fourth-order valence-corrected chi connectivity index (χ4v) is 2.61. The number of nitrogens with zero attached hydrogens (tertiary/aromatic N) is 3. The van der Waals surface area contributed by atoms with Gasteiger partial charge in [0.1, 0.15) is 23.7 Å². The van der Waals surface area contributed by atoms with Crippen molar-refractivity contribution in [1.82, 2.24) is 15.0 Å². The van der Waals surface area contributed by atoms with Gasteiger partial charge in [0.2, 0.25) is 0 Å². The molecule has 3 N–H and O–H groups in total. The molecule has 0 fully saturated rings. The Balaban J connectivity index is 1.96. The molecule has 1 unspecified atom stereocenters. The summed E-state index contributed by atoms with van der Waals surface area (Å²) >= 11 is 0. The van der Waals surface area contributed by atoms with Crippen LogP contribution in [0.1, 0.15) is 24.9 Å².